The van der Waals surface area contributed by atoms with Gasteiger partial charge in [-0.1, -0.05) is 36.0 Å². The Morgan fingerprint density at radius 2 is 2.07 bits per heavy atom. The molecule has 6 nitrogen and oxygen atoms in total. The molecule has 2 heterocycles. The summed E-state index contributed by atoms with van der Waals surface area (Å²) in [6.07, 6.45) is 4.50. The molecule has 27 heavy (non-hydrogen) atoms. The van der Waals surface area contributed by atoms with E-state index in [0.717, 1.165) is 27.9 Å². The fraction of sp³-hybridized carbons (Fsp3) is 0.250. The van der Waals surface area contributed by atoms with Gasteiger partial charge in [-0.3, -0.25) is 4.79 Å². The van der Waals surface area contributed by atoms with Crippen molar-refractivity contribution in [3.05, 3.63) is 72.3 Å². The molecule has 2 aromatic heterocycles. The van der Waals surface area contributed by atoms with E-state index in [0.29, 0.717) is 13.0 Å². The minimum absolute atomic E-state index is 0.0635. The normalized spacial score (nSPS) is 10.7. The Hall–Kier alpha value is -2.80. The zero-order valence-corrected chi connectivity index (χ0v) is 16.4. The topological polar surface area (TPSA) is 64.7 Å². The number of anilines is 1. The zero-order chi connectivity index (χ0) is 19.2. The minimum Gasteiger partial charge on any atom is -0.354 e. The standard InChI is InChI=1S/C20H23N5OS/c1-4-11-25-18(13-16-9-7-12-24(16)3)22-23-20(25)27-14-19(26)21-17-10-6-5-8-15(17)2/h4-10,12H,1,11,13-14H2,2-3H3,(H,21,26). The number of benzene rings is 1. The number of amides is 1. The third-order valence-electron chi connectivity index (χ3n) is 4.25. The maximum absolute atomic E-state index is 12.3. The maximum atomic E-state index is 12.3. The Kier molecular flexibility index (Phi) is 6.13. The summed E-state index contributed by atoms with van der Waals surface area (Å²) in [5, 5.41) is 12.3. The van der Waals surface area contributed by atoms with Gasteiger partial charge >= 0.3 is 0 Å². The third-order valence-corrected chi connectivity index (χ3v) is 5.21. The van der Waals surface area contributed by atoms with Gasteiger partial charge in [0, 0.05) is 37.6 Å². The highest BCUT2D eigenvalue weighted by atomic mass is 32.2. The van der Waals surface area contributed by atoms with Crippen LogP contribution in [0.4, 0.5) is 5.69 Å². The molecule has 3 aromatic rings. The number of carbonyl (C=O) groups excluding carboxylic acids is 1. The highest BCUT2D eigenvalue weighted by Crippen LogP contribution is 2.20. The molecule has 0 bridgehead atoms. The van der Waals surface area contributed by atoms with Gasteiger partial charge in [0.1, 0.15) is 5.82 Å². The van der Waals surface area contributed by atoms with Gasteiger partial charge < -0.3 is 14.5 Å². The molecule has 0 unspecified atom stereocenters. The molecule has 7 heteroatoms. The lowest BCUT2D eigenvalue weighted by Gasteiger charge is -2.09. The summed E-state index contributed by atoms with van der Waals surface area (Å²) >= 11 is 1.38. The van der Waals surface area contributed by atoms with Crippen LogP contribution in [0.2, 0.25) is 0 Å². The number of allylic oxidation sites excluding steroid dienone is 1. The van der Waals surface area contributed by atoms with Crippen LogP contribution in [0.25, 0.3) is 0 Å². The average molecular weight is 382 g/mol. The number of aromatic nitrogens is 4. The second kappa shape index (κ2) is 8.73. The van der Waals surface area contributed by atoms with Crippen molar-refractivity contribution >= 4 is 23.4 Å². The van der Waals surface area contributed by atoms with Gasteiger partial charge in [0.2, 0.25) is 5.91 Å². The first-order valence-corrected chi connectivity index (χ1v) is 9.68. The molecule has 140 valence electrons. The highest BCUT2D eigenvalue weighted by molar-refractivity contribution is 7.99. The van der Waals surface area contributed by atoms with Crippen LogP contribution in [0, 0.1) is 6.92 Å². The number of hydrogen-bond donors (Lipinski definition) is 1. The first-order valence-electron chi connectivity index (χ1n) is 8.70. The summed E-state index contributed by atoms with van der Waals surface area (Å²) in [5.74, 6) is 1.07. The fourth-order valence-corrected chi connectivity index (χ4v) is 3.51. The van der Waals surface area contributed by atoms with Crippen molar-refractivity contribution in [2.45, 2.75) is 25.0 Å². The highest BCUT2D eigenvalue weighted by Gasteiger charge is 2.15. The summed E-state index contributed by atoms with van der Waals surface area (Å²) in [5.41, 5.74) is 3.03. The average Bonchev–Trinajstić information content (AvgIpc) is 3.23. The number of thioether (sulfide) groups is 1. The summed E-state index contributed by atoms with van der Waals surface area (Å²) < 4.78 is 4.07. The molecular weight excluding hydrogens is 358 g/mol. The van der Waals surface area contributed by atoms with Crippen molar-refractivity contribution in [2.24, 2.45) is 7.05 Å². The molecule has 0 aliphatic heterocycles. The second-order valence-corrected chi connectivity index (χ2v) is 7.18. The van der Waals surface area contributed by atoms with E-state index in [2.05, 4.69) is 32.7 Å². The lowest BCUT2D eigenvalue weighted by atomic mass is 10.2. The number of nitrogens with zero attached hydrogens (tertiary/aromatic N) is 4. The van der Waals surface area contributed by atoms with Crippen molar-refractivity contribution in [2.75, 3.05) is 11.1 Å². The van der Waals surface area contributed by atoms with E-state index >= 15 is 0 Å². The summed E-state index contributed by atoms with van der Waals surface area (Å²) in [6, 6.07) is 11.8. The van der Waals surface area contributed by atoms with Gasteiger partial charge in [-0.25, -0.2) is 0 Å². The molecule has 1 amide bonds. The van der Waals surface area contributed by atoms with Crippen LogP contribution in [0.1, 0.15) is 17.1 Å². The lowest BCUT2D eigenvalue weighted by Crippen LogP contribution is -2.15. The predicted octanol–water partition coefficient (Wildman–Crippen LogP) is 3.43. The van der Waals surface area contributed by atoms with Crippen LogP contribution < -0.4 is 5.32 Å². The number of nitrogens with one attached hydrogen (secondary N) is 1. The summed E-state index contributed by atoms with van der Waals surface area (Å²) in [7, 11) is 2.01. The van der Waals surface area contributed by atoms with Gasteiger partial charge in [-0.15, -0.1) is 16.8 Å². The minimum atomic E-state index is -0.0635. The molecule has 0 atom stereocenters. The number of aryl methyl sites for hydroxylation is 2. The summed E-state index contributed by atoms with van der Waals surface area (Å²) in [4.78, 5) is 12.3. The van der Waals surface area contributed by atoms with Crippen LogP contribution >= 0.6 is 11.8 Å². The third kappa shape index (κ3) is 4.68. The zero-order valence-electron chi connectivity index (χ0n) is 15.6. The van der Waals surface area contributed by atoms with Gasteiger partial charge in [-0.2, -0.15) is 0 Å². The predicted molar refractivity (Wildman–Crippen MR) is 109 cm³/mol. The molecule has 0 saturated carbocycles. The molecule has 0 aliphatic rings. The second-order valence-electron chi connectivity index (χ2n) is 6.24. The van der Waals surface area contributed by atoms with Gasteiger partial charge in [0.15, 0.2) is 5.16 Å². The molecule has 1 N–H and O–H groups in total. The van der Waals surface area contributed by atoms with Crippen LogP contribution in [-0.2, 0) is 24.8 Å². The number of hydrogen-bond acceptors (Lipinski definition) is 4. The van der Waals surface area contributed by atoms with E-state index in [-0.39, 0.29) is 11.7 Å². The van der Waals surface area contributed by atoms with E-state index < -0.39 is 0 Å². The van der Waals surface area contributed by atoms with Crippen LogP contribution in [0.3, 0.4) is 0 Å². The number of carbonyl (C=O) groups is 1. The van der Waals surface area contributed by atoms with E-state index in [1.165, 1.54) is 11.8 Å². The van der Waals surface area contributed by atoms with Gasteiger partial charge in [0.05, 0.1) is 5.75 Å². The van der Waals surface area contributed by atoms with E-state index in [9.17, 15) is 4.79 Å². The van der Waals surface area contributed by atoms with Crippen molar-refractivity contribution in [1.29, 1.82) is 0 Å². The molecule has 0 aliphatic carbocycles. The number of rotatable bonds is 8. The first-order chi connectivity index (χ1) is 13.1. The Labute approximate surface area is 163 Å². The molecule has 3 rings (SSSR count). The van der Waals surface area contributed by atoms with Crippen molar-refractivity contribution in [3.63, 3.8) is 0 Å². The van der Waals surface area contributed by atoms with Crippen LogP contribution in [-0.4, -0.2) is 31.0 Å². The lowest BCUT2D eigenvalue weighted by molar-refractivity contribution is -0.113. The Bertz CT molecular complexity index is 944. The molecule has 0 radical (unpaired) electrons. The molecule has 0 fully saturated rings. The quantitative estimate of drug-likeness (QED) is 0.480. The molecule has 1 aromatic carbocycles. The largest absolute Gasteiger partial charge is 0.354 e. The fourth-order valence-electron chi connectivity index (χ4n) is 2.74. The SMILES string of the molecule is C=CCn1c(Cc2cccn2C)nnc1SCC(=O)Nc1ccccc1C. The maximum Gasteiger partial charge on any atom is 0.234 e. The van der Waals surface area contributed by atoms with Crippen LogP contribution in [0.15, 0.2) is 60.4 Å². The van der Waals surface area contributed by atoms with Crippen molar-refractivity contribution in [3.8, 4) is 0 Å². The van der Waals surface area contributed by atoms with Crippen molar-refractivity contribution < 1.29 is 4.79 Å². The smallest absolute Gasteiger partial charge is 0.234 e. The molecule has 0 spiro atoms. The monoisotopic (exact) mass is 381 g/mol. The van der Waals surface area contributed by atoms with E-state index in [1.54, 1.807) is 0 Å². The van der Waals surface area contributed by atoms with Gasteiger partial charge in [0.25, 0.3) is 0 Å². The van der Waals surface area contributed by atoms with E-state index in [4.69, 9.17) is 0 Å². The Morgan fingerprint density at radius 1 is 1.26 bits per heavy atom. The summed E-state index contributed by atoms with van der Waals surface area (Å²) in [6.45, 7) is 6.40. The van der Waals surface area contributed by atoms with Crippen LogP contribution in [0.5, 0.6) is 0 Å². The number of para-hydroxylation sites is 1. The molecular formula is C20H23N5OS. The Balaban J connectivity index is 1.67. The van der Waals surface area contributed by atoms with Crippen molar-refractivity contribution in [1.82, 2.24) is 19.3 Å². The van der Waals surface area contributed by atoms with Gasteiger partial charge in [-0.05, 0) is 30.7 Å². The first kappa shape index (κ1) is 19.0. The Morgan fingerprint density at radius 3 is 2.78 bits per heavy atom. The molecule has 0 saturated heterocycles. The van der Waals surface area contributed by atoms with E-state index in [1.807, 2.05) is 61.1 Å².